The Hall–Kier alpha value is -1.74. The minimum Gasteiger partial charge on any atom is -0.355 e. The molecule has 0 bridgehead atoms. The van der Waals surface area contributed by atoms with Crippen LogP contribution in [0.1, 0.15) is 48.8 Å². The summed E-state index contributed by atoms with van der Waals surface area (Å²) in [6.45, 7) is 8.35. The van der Waals surface area contributed by atoms with E-state index in [9.17, 15) is 9.59 Å². The number of amides is 1. The van der Waals surface area contributed by atoms with E-state index in [-0.39, 0.29) is 5.41 Å². The molecular weight excluding hydrogens is 274 g/mol. The number of nitrogens with one attached hydrogen (secondary N) is 1. The predicted octanol–water partition coefficient (Wildman–Crippen LogP) is 2.29. The molecule has 0 fully saturated rings. The first-order chi connectivity index (χ1) is 9.31. The van der Waals surface area contributed by atoms with Crippen LogP contribution in [0.5, 0.6) is 0 Å². The molecule has 1 atom stereocenters. The van der Waals surface area contributed by atoms with Crippen molar-refractivity contribution in [3.05, 3.63) is 16.1 Å². The maximum absolute atomic E-state index is 12.2. The molecule has 0 aromatic carbocycles. The van der Waals surface area contributed by atoms with Crippen LogP contribution < -0.4 is 5.32 Å². The lowest BCUT2D eigenvalue weighted by Gasteiger charge is -2.13. The number of hydrogen-bond donors (Lipinski definition) is 1. The smallest absolute Gasteiger partial charge is 0.245 e. The highest BCUT2D eigenvalue weighted by Gasteiger charge is 2.30. The van der Waals surface area contributed by atoms with Crippen molar-refractivity contribution in [3.8, 4) is 6.07 Å². The lowest BCUT2D eigenvalue weighted by Crippen LogP contribution is -2.34. The Balaban J connectivity index is 2.90. The van der Waals surface area contributed by atoms with E-state index in [1.165, 1.54) is 17.5 Å². The predicted molar refractivity (Wildman–Crippen MR) is 77.5 cm³/mol. The Labute approximate surface area is 123 Å². The molecule has 1 aromatic rings. The van der Waals surface area contributed by atoms with Crippen molar-refractivity contribution in [2.24, 2.45) is 5.92 Å². The molecule has 1 amide bonds. The fraction of sp³-hybridized carbons (Fsp3) is 0.571. The molecule has 1 rings (SSSR count). The van der Waals surface area contributed by atoms with Gasteiger partial charge in [0.15, 0.2) is 5.92 Å². The minimum atomic E-state index is -1.30. The third-order valence-electron chi connectivity index (χ3n) is 2.59. The number of rotatable bonds is 5. The van der Waals surface area contributed by atoms with E-state index < -0.39 is 17.6 Å². The average molecular weight is 293 g/mol. The van der Waals surface area contributed by atoms with Gasteiger partial charge in [0.1, 0.15) is 0 Å². The number of hydrogen-bond acceptors (Lipinski definition) is 5. The van der Waals surface area contributed by atoms with Crippen LogP contribution in [0.25, 0.3) is 0 Å². The van der Waals surface area contributed by atoms with Gasteiger partial charge < -0.3 is 5.32 Å². The van der Waals surface area contributed by atoms with Gasteiger partial charge in [0.05, 0.1) is 16.0 Å². The molecule has 108 valence electrons. The van der Waals surface area contributed by atoms with Gasteiger partial charge in [0.2, 0.25) is 11.7 Å². The van der Waals surface area contributed by atoms with Gasteiger partial charge in [-0.3, -0.25) is 9.59 Å². The third kappa shape index (κ3) is 3.87. The molecule has 0 aliphatic carbocycles. The van der Waals surface area contributed by atoms with Crippen molar-refractivity contribution in [1.29, 1.82) is 5.26 Å². The molecule has 6 heteroatoms. The van der Waals surface area contributed by atoms with Gasteiger partial charge in [-0.1, -0.05) is 27.7 Å². The van der Waals surface area contributed by atoms with E-state index in [1.807, 2.05) is 27.7 Å². The zero-order valence-electron chi connectivity index (χ0n) is 12.2. The van der Waals surface area contributed by atoms with Gasteiger partial charge >= 0.3 is 0 Å². The fourth-order valence-electron chi connectivity index (χ4n) is 1.46. The van der Waals surface area contributed by atoms with Crippen molar-refractivity contribution < 1.29 is 9.59 Å². The first-order valence-corrected chi connectivity index (χ1v) is 7.30. The summed E-state index contributed by atoms with van der Waals surface area (Å²) >= 11 is 1.24. The molecule has 1 N–H and O–H groups in total. The maximum atomic E-state index is 12.2. The number of Topliss-reactive ketones (excluding diaryl/α,β-unsaturated/α-hetero) is 1. The number of aromatic nitrogens is 1. The minimum absolute atomic E-state index is 0.157. The Bertz CT molecular complexity index is 537. The Morgan fingerprint density at radius 3 is 2.60 bits per heavy atom. The molecular formula is C14H19N3O2S. The summed E-state index contributed by atoms with van der Waals surface area (Å²) < 4.78 is 0. The number of ketones is 1. The van der Waals surface area contributed by atoms with Crippen molar-refractivity contribution in [3.63, 3.8) is 0 Å². The van der Waals surface area contributed by atoms with E-state index in [0.717, 1.165) is 11.4 Å². The maximum Gasteiger partial charge on any atom is 0.245 e. The number of nitriles is 1. The second kappa shape index (κ2) is 6.62. The van der Waals surface area contributed by atoms with Crippen LogP contribution in [-0.2, 0) is 10.2 Å². The van der Waals surface area contributed by atoms with Gasteiger partial charge in [-0.05, 0) is 6.42 Å². The Kier molecular flexibility index (Phi) is 5.40. The molecule has 1 aromatic heterocycles. The first-order valence-electron chi connectivity index (χ1n) is 6.49. The Morgan fingerprint density at radius 1 is 1.50 bits per heavy atom. The fourth-order valence-corrected chi connectivity index (χ4v) is 2.41. The zero-order chi connectivity index (χ0) is 15.3. The Morgan fingerprint density at radius 2 is 2.15 bits per heavy atom. The van der Waals surface area contributed by atoms with Crippen LogP contribution >= 0.6 is 11.3 Å². The van der Waals surface area contributed by atoms with E-state index >= 15 is 0 Å². The highest BCUT2D eigenvalue weighted by Crippen LogP contribution is 2.28. The number of nitrogens with zero attached hydrogens (tertiary/aromatic N) is 2. The normalized spacial score (nSPS) is 12.6. The molecule has 0 radical (unpaired) electrons. The molecule has 0 saturated heterocycles. The highest BCUT2D eigenvalue weighted by atomic mass is 32.1. The quantitative estimate of drug-likeness (QED) is 0.667. The summed E-state index contributed by atoms with van der Waals surface area (Å²) in [6, 6.07) is 1.77. The van der Waals surface area contributed by atoms with Crippen LogP contribution in [0.4, 0.5) is 0 Å². The second-order valence-corrected chi connectivity index (χ2v) is 6.53. The second-order valence-electron chi connectivity index (χ2n) is 5.50. The molecule has 0 aliphatic heterocycles. The molecule has 0 aliphatic rings. The van der Waals surface area contributed by atoms with Crippen LogP contribution in [0, 0.1) is 17.2 Å². The van der Waals surface area contributed by atoms with Crippen LogP contribution in [0.2, 0.25) is 0 Å². The topological polar surface area (TPSA) is 82.9 Å². The number of carbonyl (C=O) groups is 2. The molecule has 1 heterocycles. The van der Waals surface area contributed by atoms with Crippen molar-refractivity contribution >= 4 is 23.0 Å². The van der Waals surface area contributed by atoms with E-state index in [0.29, 0.717) is 11.4 Å². The standard InChI is InChI=1S/C14H19N3O2S/c1-5-6-16-12(19)9(7-15)11(18)10-8-17-13(20-10)14(2,3)4/h8-9H,5-6H2,1-4H3,(H,16,19)/t9-/m0/s1. The monoisotopic (exact) mass is 293 g/mol. The summed E-state index contributed by atoms with van der Waals surface area (Å²) in [4.78, 5) is 28.5. The SMILES string of the molecule is CCCNC(=O)[C@@H](C#N)C(=O)c1cnc(C(C)(C)C)s1. The summed E-state index contributed by atoms with van der Waals surface area (Å²) in [5, 5.41) is 12.4. The summed E-state index contributed by atoms with van der Waals surface area (Å²) in [5.74, 6) is -2.31. The van der Waals surface area contributed by atoms with Gasteiger partial charge in [-0.25, -0.2) is 4.98 Å². The third-order valence-corrected chi connectivity index (χ3v) is 4.03. The van der Waals surface area contributed by atoms with Gasteiger partial charge in [-0.15, -0.1) is 11.3 Å². The molecule has 0 unspecified atom stereocenters. The average Bonchev–Trinajstić information content (AvgIpc) is 2.86. The van der Waals surface area contributed by atoms with Crippen LogP contribution in [0.15, 0.2) is 6.20 Å². The molecule has 20 heavy (non-hydrogen) atoms. The van der Waals surface area contributed by atoms with Gasteiger partial charge in [0.25, 0.3) is 0 Å². The zero-order valence-corrected chi connectivity index (χ0v) is 13.0. The molecule has 5 nitrogen and oxygen atoms in total. The van der Waals surface area contributed by atoms with Crippen molar-refractivity contribution in [1.82, 2.24) is 10.3 Å². The van der Waals surface area contributed by atoms with E-state index in [2.05, 4.69) is 10.3 Å². The summed E-state index contributed by atoms with van der Waals surface area (Å²) in [5.41, 5.74) is -0.157. The highest BCUT2D eigenvalue weighted by molar-refractivity contribution is 7.13. The van der Waals surface area contributed by atoms with E-state index in [4.69, 9.17) is 5.26 Å². The summed E-state index contributed by atoms with van der Waals surface area (Å²) in [6.07, 6.45) is 2.21. The van der Waals surface area contributed by atoms with Gasteiger partial charge in [-0.2, -0.15) is 5.26 Å². The number of thiazole rings is 1. The van der Waals surface area contributed by atoms with Crippen LogP contribution in [0.3, 0.4) is 0 Å². The largest absolute Gasteiger partial charge is 0.355 e. The molecule has 0 spiro atoms. The van der Waals surface area contributed by atoms with Crippen LogP contribution in [-0.4, -0.2) is 23.2 Å². The van der Waals surface area contributed by atoms with E-state index in [1.54, 1.807) is 6.07 Å². The molecule has 0 saturated carbocycles. The lowest BCUT2D eigenvalue weighted by molar-refractivity contribution is -0.122. The first kappa shape index (κ1) is 16.3. The lowest BCUT2D eigenvalue weighted by atomic mass is 9.98. The van der Waals surface area contributed by atoms with Gasteiger partial charge in [0, 0.05) is 18.2 Å². The summed E-state index contributed by atoms with van der Waals surface area (Å²) in [7, 11) is 0. The van der Waals surface area contributed by atoms with Crippen molar-refractivity contribution in [2.75, 3.05) is 6.54 Å². The number of carbonyl (C=O) groups excluding carboxylic acids is 2. The van der Waals surface area contributed by atoms with Crippen molar-refractivity contribution in [2.45, 2.75) is 39.5 Å².